The van der Waals surface area contributed by atoms with Crippen LogP contribution < -0.4 is 4.90 Å². The number of hydrogen-bond acceptors (Lipinski definition) is 5. The number of halogens is 1. The Labute approximate surface area is 174 Å². The number of rotatable bonds is 6. The van der Waals surface area contributed by atoms with Gasteiger partial charge >= 0.3 is 0 Å². The summed E-state index contributed by atoms with van der Waals surface area (Å²) in [6.07, 6.45) is 0. The summed E-state index contributed by atoms with van der Waals surface area (Å²) < 4.78 is 5.49. The van der Waals surface area contributed by atoms with Crippen molar-refractivity contribution >= 4 is 29.2 Å². The van der Waals surface area contributed by atoms with E-state index in [1.807, 2.05) is 42.1 Å². The first-order valence-electron chi connectivity index (χ1n) is 9.36. The molecule has 0 N–H and O–H groups in total. The van der Waals surface area contributed by atoms with Gasteiger partial charge in [0.2, 0.25) is 0 Å². The largest absolute Gasteiger partial charge is 0.378 e. The second-order valence-corrected chi connectivity index (χ2v) is 8.05. The predicted molar refractivity (Wildman–Crippen MR) is 117 cm³/mol. The molecule has 0 unspecified atom stereocenters. The third kappa shape index (κ3) is 5.04. The molecule has 0 aliphatic carbocycles. The minimum absolute atomic E-state index is 0.741. The van der Waals surface area contributed by atoms with Gasteiger partial charge in [0, 0.05) is 41.2 Å². The fourth-order valence-electron chi connectivity index (χ4n) is 3.08. The van der Waals surface area contributed by atoms with E-state index in [1.165, 1.54) is 5.56 Å². The first kappa shape index (κ1) is 19.2. The summed E-state index contributed by atoms with van der Waals surface area (Å²) in [5, 5.41) is 0.771. The molecule has 4 rings (SSSR count). The van der Waals surface area contributed by atoms with Crippen LogP contribution in [0, 0.1) is 0 Å². The lowest BCUT2D eigenvalue weighted by atomic mass is 10.2. The Morgan fingerprint density at radius 3 is 2.43 bits per heavy atom. The highest BCUT2D eigenvalue weighted by atomic mass is 35.5. The molecular formula is C22H22ClN3OS. The molecule has 0 radical (unpaired) electrons. The summed E-state index contributed by atoms with van der Waals surface area (Å²) >= 11 is 7.82. The molecule has 1 aromatic heterocycles. The molecule has 1 aliphatic heterocycles. The van der Waals surface area contributed by atoms with Gasteiger partial charge in [0.05, 0.1) is 18.9 Å². The molecule has 6 heteroatoms. The lowest BCUT2D eigenvalue weighted by Crippen LogP contribution is -2.37. The first-order valence-corrected chi connectivity index (χ1v) is 10.9. The topological polar surface area (TPSA) is 38.2 Å². The monoisotopic (exact) mass is 411 g/mol. The minimum atomic E-state index is 0.741. The zero-order valence-corrected chi connectivity index (χ0v) is 17.1. The number of thioether (sulfide) groups is 1. The number of morpholine rings is 1. The van der Waals surface area contributed by atoms with Crippen molar-refractivity contribution in [3.05, 3.63) is 76.9 Å². The fraction of sp³-hybridized carbons (Fsp3) is 0.273. The van der Waals surface area contributed by atoms with E-state index in [-0.39, 0.29) is 0 Å². The van der Waals surface area contributed by atoms with Gasteiger partial charge < -0.3 is 9.64 Å². The van der Waals surface area contributed by atoms with E-state index in [4.69, 9.17) is 26.3 Å². The average molecular weight is 412 g/mol. The maximum atomic E-state index is 5.97. The second-order valence-electron chi connectivity index (χ2n) is 6.63. The molecule has 3 aromatic rings. The van der Waals surface area contributed by atoms with Gasteiger partial charge in [-0.05, 0) is 17.7 Å². The van der Waals surface area contributed by atoms with E-state index in [0.29, 0.717) is 0 Å². The SMILES string of the molecule is Clc1ccc(CSCc2cc(N3CCOCC3)nc(-c3ccccc3)n2)cc1. The van der Waals surface area contributed by atoms with E-state index in [0.717, 1.165) is 65.7 Å². The highest BCUT2D eigenvalue weighted by Gasteiger charge is 2.15. The smallest absolute Gasteiger partial charge is 0.161 e. The standard InChI is InChI=1S/C22H22ClN3OS/c23-19-8-6-17(7-9-19)15-28-16-20-14-21(26-10-12-27-13-11-26)25-22(24-20)18-4-2-1-3-5-18/h1-9,14H,10-13,15-16H2. The summed E-state index contributed by atoms with van der Waals surface area (Å²) in [7, 11) is 0. The van der Waals surface area contributed by atoms with Gasteiger partial charge in [-0.25, -0.2) is 9.97 Å². The fourth-order valence-corrected chi connectivity index (χ4v) is 4.10. The van der Waals surface area contributed by atoms with Crippen LogP contribution in [0.25, 0.3) is 11.4 Å². The minimum Gasteiger partial charge on any atom is -0.378 e. The molecule has 0 spiro atoms. The number of benzene rings is 2. The Hall–Kier alpha value is -2.08. The van der Waals surface area contributed by atoms with Crippen molar-refractivity contribution in [2.75, 3.05) is 31.2 Å². The van der Waals surface area contributed by atoms with Crippen LogP contribution in [0.2, 0.25) is 5.02 Å². The lowest BCUT2D eigenvalue weighted by molar-refractivity contribution is 0.122. The highest BCUT2D eigenvalue weighted by molar-refractivity contribution is 7.97. The molecule has 1 saturated heterocycles. The molecule has 0 atom stereocenters. The van der Waals surface area contributed by atoms with Gasteiger partial charge in [-0.15, -0.1) is 0 Å². The van der Waals surface area contributed by atoms with Crippen LogP contribution in [-0.2, 0) is 16.2 Å². The molecule has 0 amide bonds. The van der Waals surface area contributed by atoms with Crippen LogP contribution >= 0.6 is 23.4 Å². The number of ether oxygens (including phenoxy) is 1. The van der Waals surface area contributed by atoms with Gasteiger partial charge in [0.15, 0.2) is 5.82 Å². The van der Waals surface area contributed by atoms with Crippen LogP contribution in [0.3, 0.4) is 0 Å². The summed E-state index contributed by atoms with van der Waals surface area (Å²) in [6.45, 7) is 3.21. The van der Waals surface area contributed by atoms with Crippen molar-refractivity contribution in [2.24, 2.45) is 0 Å². The molecule has 0 bridgehead atoms. The van der Waals surface area contributed by atoms with Crippen LogP contribution in [0.4, 0.5) is 5.82 Å². The van der Waals surface area contributed by atoms with Crippen molar-refractivity contribution in [3.63, 3.8) is 0 Å². The predicted octanol–water partition coefficient (Wildman–Crippen LogP) is 5.07. The molecule has 2 aromatic carbocycles. The zero-order valence-electron chi connectivity index (χ0n) is 15.6. The molecule has 1 fully saturated rings. The maximum Gasteiger partial charge on any atom is 0.161 e. The Morgan fingerprint density at radius 1 is 0.929 bits per heavy atom. The molecule has 1 aliphatic rings. The number of hydrogen-bond donors (Lipinski definition) is 0. The normalized spacial score (nSPS) is 14.2. The highest BCUT2D eigenvalue weighted by Crippen LogP contribution is 2.24. The van der Waals surface area contributed by atoms with Gasteiger partial charge in [0.25, 0.3) is 0 Å². The number of anilines is 1. The van der Waals surface area contributed by atoms with Crippen molar-refractivity contribution in [3.8, 4) is 11.4 Å². The third-order valence-electron chi connectivity index (χ3n) is 4.56. The molecule has 28 heavy (non-hydrogen) atoms. The average Bonchev–Trinajstić information content (AvgIpc) is 2.76. The molecular weight excluding hydrogens is 390 g/mol. The Morgan fingerprint density at radius 2 is 1.68 bits per heavy atom. The number of aromatic nitrogens is 2. The Balaban J connectivity index is 1.53. The summed E-state index contributed by atoms with van der Waals surface area (Å²) in [4.78, 5) is 12.0. The second kappa shape index (κ2) is 9.41. The van der Waals surface area contributed by atoms with E-state index in [2.05, 4.69) is 35.2 Å². The maximum absolute atomic E-state index is 5.97. The quantitative estimate of drug-likeness (QED) is 0.566. The summed E-state index contributed by atoms with van der Waals surface area (Å²) in [5.74, 6) is 3.53. The van der Waals surface area contributed by atoms with Crippen molar-refractivity contribution in [1.82, 2.24) is 9.97 Å². The van der Waals surface area contributed by atoms with E-state index in [1.54, 1.807) is 0 Å². The number of nitrogens with zero attached hydrogens (tertiary/aromatic N) is 3. The molecule has 0 saturated carbocycles. The van der Waals surface area contributed by atoms with Gasteiger partial charge in [-0.3, -0.25) is 0 Å². The van der Waals surface area contributed by atoms with E-state index >= 15 is 0 Å². The van der Waals surface area contributed by atoms with E-state index in [9.17, 15) is 0 Å². The van der Waals surface area contributed by atoms with Crippen molar-refractivity contribution in [2.45, 2.75) is 11.5 Å². The van der Waals surface area contributed by atoms with Gasteiger partial charge in [0.1, 0.15) is 5.82 Å². The van der Waals surface area contributed by atoms with E-state index < -0.39 is 0 Å². The van der Waals surface area contributed by atoms with Crippen molar-refractivity contribution in [1.29, 1.82) is 0 Å². The Kier molecular flexibility index (Phi) is 6.47. The molecule has 2 heterocycles. The van der Waals surface area contributed by atoms with Crippen LogP contribution in [0.15, 0.2) is 60.7 Å². The van der Waals surface area contributed by atoms with Gasteiger partial charge in [-0.1, -0.05) is 54.1 Å². The first-order chi connectivity index (χ1) is 13.8. The van der Waals surface area contributed by atoms with Crippen LogP contribution in [0.1, 0.15) is 11.3 Å². The molecule has 4 nitrogen and oxygen atoms in total. The van der Waals surface area contributed by atoms with Crippen molar-refractivity contribution < 1.29 is 4.74 Å². The van der Waals surface area contributed by atoms with Crippen LogP contribution in [-0.4, -0.2) is 36.3 Å². The summed E-state index contributed by atoms with van der Waals surface area (Å²) in [6, 6.07) is 20.3. The third-order valence-corrected chi connectivity index (χ3v) is 5.85. The summed E-state index contributed by atoms with van der Waals surface area (Å²) in [5.41, 5.74) is 3.36. The zero-order chi connectivity index (χ0) is 19.2. The van der Waals surface area contributed by atoms with Crippen LogP contribution in [0.5, 0.6) is 0 Å². The molecule has 144 valence electrons. The lowest BCUT2D eigenvalue weighted by Gasteiger charge is -2.28. The Bertz CT molecular complexity index is 899. The van der Waals surface area contributed by atoms with Gasteiger partial charge in [-0.2, -0.15) is 11.8 Å².